The number of aromatic nitrogens is 2. The average Bonchev–Trinajstić information content (AvgIpc) is 2.66. The Bertz CT molecular complexity index is 745. The molecule has 0 radical (unpaired) electrons. The van der Waals surface area contributed by atoms with Crippen molar-refractivity contribution in [2.24, 2.45) is 11.8 Å². The highest BCUT2D eigenvalue weighted by atomic mass is 16.1. The number of hydrogen-bond acceptors (Lipinski definition) is 4. The molecule has 5 heteroatoms. The summed E-state index contributed by atoms with van der Waals surface area (Å²) in [6.45, 7) is 9.01. The van der Waals surface area contributed by atoms with Crippen molar-refractivity contribution in [3.8, 4) is 11.4 Å². The summed E-state index contributed by atoms with van der Waals surface area (Å²) in [5, 5.41) is 2.97. The maximum atomic E-state index is 12.6. The minimum atomic E-state index is -0.135. The Labute approximate surface area is 155 Å². The van der Waals surface area contributed by atoms with Crippen LogP contribution in [0.2, 0.25) is 0 Å². The van der Waals surface area contributed by atoms with Gasteiger partial charge in [-0.1, -0.05) is 51.1 Å². The first-order chi connectivity index (χ1) is 12.5. The molecule has 1 atom stereocenters. The number of nitrogens with one attached hydrogen (secondary N) is 1. The van der Waals surface area contributed by atoms with E-state index in [1.165, 1.54) is 6.42 Å². The van der Waals surface area contributed by atoms with Crippen molar-refractivity contribution in [1.29, 1.82) is 0 Å². The molecule has 26 heavy (non-hydrogen) atoms. The van der Waals surface area contributed by atoms with Crippen LogP contribution in [0, 0.1) is 11.8 Å². The van der Waals surface area contributed by atoms with Crippen LogP contribution < -0.4 is 10.2 Å². The van der Waals surface area contributed by atoms with Gasteiger partial charge in [0.2, 0.25) is 0 Å². The van der Waals surface area contributed by atoms with Crippen LogP contribution in [0.25, 0.3) is 11.4 Å². The van der Waals surface area contributed by atoms with Crippen LogP contribution in [-0.4, -0.2) is 35.5 Å². The third kappa shape index (κ3) is 4.59. The topological polar surface area (TPSA) is 58.1 Å². The maximum absolute atomic E-state index is 12.6. The van der Waals surface area contributed by atoms with E-state index in [0.717, 1.165) is 30.9 Å². The van der Waals surface area contributed by atoms with E-state index in [9.17, 15) is 4.79 Å². The molecule has 1 fully saturated rings. The van der Waals surface area contributed by atoms with Crippen LogP contribution >= 0.6 is 0 Å². The number of piperidine rings is 1. The Morgan fingerprint density at radius 2 is 2.04 bits per heavy atom. The average molecular weight is 352 g/mol. The summed E-state index contributed by atoms with van der Waals surface area (Å²) in [4.78, 5) is 24.2. The third-order valence-electron chi connectivity index (χ3n) is 4.63. The number of carbonyl (C=O) groups excluding carboxylic acids is 1. The van der Waals surface area contributed by atoms with E-state index in [1.54, 1.807) is 0 Å². The molecule has 1 unspecified atom stereocenters. The smallest absolute Gasteiger partial charge is 0.270 e. The molecule has 3 rings (SSSR count). The molecule has 0 bridgehead atoms. The molecule has 0 saturated carbocycles. The predicted octanol–water partition coefficient (Wildman–Crippen LogP) is 3.77. The zero-order valence-electron chi connectivity index (χ0n) is 15.9. The first-order valence-electron chi connectivity index (χ1n) is 9.50. The molecule has 1 saturated heterocycles. The molecule has 1 aliphatic heterocycles. The molecule has 1 amide bonds. The van der Waals surface area contributed by atoms with Gasteiger partial charge < -0.3 is 10.2 Å². The zero-order valence-corrected chi connectivity index (χ0v) is 15.9. The SMILES string of the molecule is CC(C)CNC(=O)c1cc(N2CCCC(C)C2)nc(-c2ccccc2)n1. The van der Waals surface area contributed by atoms with Crippen LogP contribution in [-0.2, 0) is 0 Å². The van der Waals surface area contributed by atoms with Gasteiger partial charge in [0.1, 0.15) is 11.5 Å². The van der Waals surface area contributed by atoms with Crippen LogP contribution in [0.3, 0.4) is 0 Å². The van der Waals surface area contributed by atoms with Gasteiger partial charge in [-0.25, -0.2) is 9.97 Å². The molecule has 2 heterocycles. The monoisotopic (exact) mass is 352 g/mol. The van der Waals surface area contributed by atoms with Crippen molar-refractivity contribution in [3.63, 3.8) is 0 Å². The lowest BCUT2D eigenvalue weighted by Gasteiger charge is -2.32. The predicted molar refractivity (Wildman–Crippen MR) is 105 cm³/mol. The summed E-state index contributed by atoms with van der Waals surface area (Å²) in [5.41, 5.74) is 1.37. The van der Waals surface area contributed by atoms with Crippen molar-refractivity contribution < 1.29 is 4.79 Å². The van der Waals surface area contributed by atoms with Crippen LogP contribution in [0.4, 0.5) is 5.82 Å². The number of benzene rings is 1. The molecule has 5 nitrogen and oxygen atoms in total. The highest BCUT2D eigenvalue weighted by Gasteiger charge is 2.21. The van der Waals surface area contributed by atoms with Gasteiger partial charge in [0.15, 0.2) is 5.82 Å². The van der Waals surface area contributed by atoms with Gasteiger partial charge in [-0.05, 0) is 24.7 Å². The van der Waals surface area contributed by atoms with Gasteiger partial charge in [0.25, 0.3) is 5.91 Å². The summed E-state index contributed by atoms with van der Waals surface area (Å²) in [7, 11) is 0. The van der Waals surface area contributed by atoms with Gasteiger partial charge in [-0.15, -0.1) is 0 Å². The lowest BCUT2D eigenvalue weighted by molar-refractivity contribution is 0.0944. The molecular formula is C21H28N4O. The summed E-state index contributed by atoms with van der Waals surface area (Å²) >= 11 is 0. The summed E-state index contributed by atoms with van der Waals surface area (Å²) < 4.78 is 0. The summed E-state index contributed by atoms with van der Waals surface area (Å²) in [6, 6.07) is 11.7. The second-order valence-electron chi connectivity index (χ2n) is 7.60. The number of hydrogen-bond donors (Lipinski definition) is 1. The molecular weight excluding hydrogens is 324 g/mol. The molecule has 0 spiro atoms. The van der Waals surface area contributed by atoms with Gasteiger partial charge in [-0.2, -0.15) is 0 Å². The lowest BCUT2D eigenvalue weighted by Crippen LogP contribution is -2.35. The minimum Gasteiger partial charge on any atom is -0.356 e. The highest BCUT2D eigenvalue weighted by Crippen LogP contribution is 2.24. The Morgan fingerprint density at radius 1 is 1.27 bits per heavy atom. The second-order valence-corrected chi connectivity index (χ2v) is 7.60. The number of carbonyl (C=O) groups is 1. The van der Waals surface area contributed by atoms with Crippen LogP contribution in [0.5, 0.6) is 0 Å². The fraction of sp³-hybridized carbons (Fsp3) is 0.476. The molecule has 1 N–H and O–H groups in total. The van der Waals surface area contributed by atoms with Crippen LogP contribution in [0.1, 0.15) is 44.1 Å². The lowest BCUT2D eigenvalue weighted by atomic mass is 10.0. The Balaban J connectivity index is 1.95. The number of rotatable bonds is 5. The van der Waals surface area contributed by atoms with Crippen molar-refractivity contribution >= 4 is 11.7 Å². The van der Waals surface area contributed by atoms with Gasteiger partial charge in [-0.3, -0.25) is 4.79 Å². The molecule has 1 aromatic heterocycles. The van der Waals surface area contributed by atoms with E-state index in [1.807, 2.05) is 36.4 Å². The second kappa shape index (κ2) is 8.30. The van der Waals surface area contributed by atoms with Crippen molar-refractivity contribution in [2.75, 3.05) is 24.5 Å². The molecule has 0 aliphatic carbocycles. The van der Waals surface area contributed by atoms with Crippen molar-refractivity contribution in [2.45, 2.75) is 33.6 Å². The minimum absolute atomic E-state index is 0.135. The fourth-order valence-corrected chi connectivity index (χ4v) is 3.21. The first-order valence-corrected chi connectivity index (χ1v) is 9.50. The quantitative estimate of drug-likeness (QED) is 0.890. The van der Waals surface area contributed by atoms with Crippen molar-refractivity contribution in [3.05, 3.63) is 42.1 Å². The van der Waals surface area contributed by atoms with E-state index >= 15 is 0 Å². The van der Waals surface area contributed by atoms with E-state index in [0.29, 0.717) is 29.9 Å². The van der Waals surface area contributed by atoms with Gasteiger partial charge >= 0.3 is 0 Å². The normalized spacial score (nSPS) is 17.4. The Morgan fingerprint density at radius 3 is 2.73 bits per heavy atom. The number of anilines is 1. The molecule has 2 aromatic rings. The van der Waals surface area contributed by atoms with E-state index < -0.39 is 0 Å². The largest absolute Gasteiger partial charge is 0.356 e. The Hall–Kier alpha value is -2.43. The van der Waals surface area contributed by atoms with Crippen LogP contribution in [0.15, 0.2) is 36.4 Å². The standard InChI is InChI=1S/C21H28N4O/c1-15(2)13-22-21(26)18-12-19(25-11-7-8-16(3)14-25)24-20(23-18)17-9-5-4-6-10-17/h4-6,9-10,12,15-16H,7-8,11,13-14H2,1-3H3,(H,22,26). The van der Waals surface area contributed by atoms with E-state index in [-0.39, 0.29) is 5.91 Å². The molecule has 1 aromatic carbocycles. The third-order valence-corrected chi connectivity index (χ3v) is 4.63. The highest BCUT2D eigenvalue weighted by molar-refractivity contribution is 5.93. The first kappa shape index (κ1) is 18.4. The Kier molecular flexibility index (Phi) is 5.86. The van der Waals surface area contributed by atoms with Crippen molar-refractivity contribution in [1.82, 2.24) is 15.3 Å². The van der Waals surface area contributed by atoms with Gasteiger partial charge in [0.05, 0.1) is 0 Å². The maximum Gasteiger partial charge on any atom is 0.270 e. The number of amides is 1. The molecule has 138 valence electrons. The van der Waals surface area contributed by atoms with Gasteiger partial charge in [0, 0.05) is 31.3 Å². The fourth-order valence-electron chi connectivity index (χ4n) is 3.21. The summed E-state index contributed by atoms with van der Waals surface area (Å²) in [5.74, 6) is 2.36. The number of nitrogens with zero attached hydrogens (tertiary/aromatic N) is 3. The van der Waals surface area contributed by atoms with E-state index in [2.05, 4.69) is 36.0 Å². The summed E-state index contributed by atoms with van der Waals surface area (Å²) in [6.07, 6.45) is 2.40. The van der Waals surface area contributed by atoms with E-state index in [4.69, 9.17) is 4.98 Å². The zero-order chi connectivity index (χ0) is 18.5. The molecule has 1 aliphatic rings.